The molecule has 0 fully saturated rings. The van der Waals surface area contributed by atoms with Crippen LogP contribution in [0.15, 0.2) is 12.1 Å². The van der Waals surface area contributed by atoms with Crippen LogP contribution in [0.3, 0.4) is 0 Å². The van der Waals surface area contributed by atoms with Crippen LogP contribution >= 0.6 is 0 Å². The molecule has 0 saturated heterocycles. The Balaban J connectivity index is 2.45. The van der Waals surface area contributed by atoms with Gasteiger partial charge in [0.25, 0.3) is 16.5 Å². The van der Waals surface area contributed by atoms with Gasteiger partial charge in [-0.15, -0.1) is 5.10 Å². The molecule has 0 radical (unpaired) electrons. The summed E-state index contributed by atoms with van der Waals surface area (Å²) in [5, 5.41) is 7.52. The molecule has 136 valence electrons. The predicted octanol–water partition coefficient (Wildman–Crippen LogP) is 1.22. The predicted molar refractivity (Wildman–Crippen MR) is 80.1 cm³/mol. The zero-order chi connectivity index (χ0) is 18.8. The van der Waals surface area contributed by atoms with Gasteiger partial charge in [-0.2, -0.15) is 8.42 Å². The second-order valence-electron chi connectivity index (χ2n) is 4.95. The molecule has 0 atom stereocenters. The SMILES string of the molecule is CC(=O)Oc1ccc(-c2nnn(C)c2COS(C)(=O)=O)nc1C(F)F. The molecule has 0 bridgehead atoms. The highest BCUT2D eigenvalue weighted by Gasteiger charge is 2.22. The van der Waals surface area contributed by atoms with Crippen molar-refractivity contribution in [3.63, 3.8) is 0 Å². The van der Waals surface area contributed by atoms with Gasteiger partial charge in [0, 0.05) is 14.0 Å². The van der Waals surface area contributed by atoms with Crippen molar-refractivity contribution < 1.29 is 30.9 Å². The second-order valence-corrected chi connectivity index (χ2v) is 6.59. The summed E-state index contributed by atoms with van der Waals surface area (Å²) in [5.74, 6) is -1.14. The summed E-state index contributed by atoms with van der Waals surface area (Å²) in [5.41, 5.74) is -0.444. The van der Waals surface area contributed by atoms with E-state index < -0.39 is 34.8 Å². The fourth-order valence-electron chi connectivity index (χ4n) is 1.89. The minimum absolute atomic E-state index is 0.00593. The van der Waals surface area contributed by atoms with Crippen molar-refractivity contribution in [1.29, 1.82) is 0 Å². The minimum Gasteiger partial charge on any atom is -0.425 e. The Morgan fingerprint density at radius 1 is 1.36 bits per heavy atom. The molecule has 9 nitrogen and oxygen atoms in total. The maximum Gasteiger partial charge on any atom is 0.308 e. The number of hydrogen-bond donors (Lipinski definition) is 0. The number of carbonyl (C=O) groups excluding carboxylic acids is 1. The van der Waals surface area contributed by atoms with Gasteiger partial charge in [0.2, 0.25) is 0 Å². The zero-order valence-corrected chi connectivity index (χ0v) is 14.2. The van der Waals surface area contributed by atoms with Crippen LogP contribution in [0.25, 0.3) is 11.4 Å². The average molecular weight is 376 g/mol. The number of alkyl halides is 2. The molecule has 0 amide bonds. The van der Waals surface area contributed by atoms with Crippen LogP contribution in [0, 0.1) is 0 Å². The Hall–Kier alpha value is -2.47. The molecule has 0 aliphatic carbocycles. The standard InChI is InChI=1S/C13H14F2N4O5S/c1-7(20)24-10-5-4-8(16-12(10)13(14)15)11-9(19(2)18-17-11)6-23-25(3,21)22/h4-5,13H,6H2,1-3H3. The number of esters is 1. The van der Waals surface area contributed by atoms with Gasteiger partial charge < -0.3 is 4.74 Å². The second kappa shape index (κ2) is 7.19. The fraction of sp³-hybridized carbons (Fsp3) is 0.385. The van der Waals surface area contributed by atoms with E-state index in [1.807, 2.05) is 0 Å². The van der Waals surface area contributed by atoms with Gasteiger partial charge in [-0.25, -0.2) is 18.4 Å². The lowest BCUT2D eigenvalue weighted by Gasteiger charge is -2.09. The molecule has 2 heterocycles. The summed E-state index contributed by atoms with van der Waals surface area (Å²) in [4.78, 5) is 14.8. The van der Waals surface area contributed by atoms with E-state index >= 15 is 0 Å². The third-order valence-corrected chi connectivity index (χ3v) is 3.49. The van der Waals surface area contributed by atoms with Crippen LogP contribution in [-0.2, 0) is 32.8 Å². The normalized spacial score (nSPS) is 11.8. The van der Waals surface area contributed by atoms with Crippen molar-refractivity contribution in [3.05, 3.63) is 23.5 Å². The Morgan fingerprint density at radius 2 is 2.04 bits per heavy atom. The number of halogens is 2. The van der Waals surface area contributed by atoms with Crippen LogP contribution in [0.4, 0.5) is 8.78 Å². The van der Waals surface area contributed by atoms with Crippen LogP contribution in [-0.4, -0.2) is 40.6 Å². The van der Waals surface area contributed by atoms with Gasteiger partial charge in [0.1, 0.15) is 18.0 Å². The Bertz CT molecular complexity index is 898. The number of nitrogens with zero attached hydrogens (tertiary/aromatic N) is 4. The van der Waals surface area contributed by atoms with Crippen LogP contribution in [0.5, 0.6) is 5.75 Å². The topological polar surface area (TPSA) is 113 Å². The van der Waals surface area contributed by atoms with Gasteiger partial charge >= 0.3 is 5.97 Å². The van der Waals surface area contributed by atoms with Crippen molar-refractivity contribution in [2.75, 3.05) is 6.26 Å². The highest BCUT2D eigenvalue weighted by Crippen LogP contribution is 2.31. The molecular formula is C13H14F2N4O5S. The maximum atomic E-state index is 13.2. The maximum absolute atomic E-state index is 13.2. The molecule has 0 spiro atoms. The molecule has 12 heteroatoms. The Labute approximate surface area is 141 Å². The number of pyridine rings is 1. The van der Waals surface area contributed by atoms with E-state index in [-0.39, 0.29) is 22.8 Å². The molecule has 2 aromatic rings. The molecule has 0 aromatic carbocycles. The lowest BCUT2D eigenvalue weighted by Crippen LogP contribution is -2.08. The first-order valence-corrected chi connectivity index (χ1v) is 8.61. The van der Waals surface area contributed by atoms with Gasteiger partial charge in [-0.1, -0.05) is 5.21 Å². The van der Waals surface area contributed by atoms with Gasteiger partial charge in [0.05, 0.1) is 17.6 Å². The summed E-state index contributed by atoms with van der Waals surface area (Å²) in [7, 11) is -2.24. The quantitative estimate of drug-likeness (QED) is 0.546. The van der Waals surface area contributed by atoms with Crippen molar-refractivity contribution in [2.45, 2.75) is 20.0 Å². The first-order chi connectivity index (χ1) is 11.6. The summed E-state index contributed by atoms with van der Waals surface area (Å²) in [6, 6.07) is 2.46. The fourth-order valence-corrected chi connectivity index (χ4v) is 2.22. The highest BCUT2D eigenvalue weighted by molar-refractivity contribution is 7.85. The molecule has 2 aromatic heterocycles. The largest absolute Gasteiger partial charge is 0.425 e. The van der Waals surface area contributed by atoms with E-state index in [0.717, 1.165) is 19.2 Å². The molecule has 0 N–H and O–H groups in total. The summed E-state index contributed by atoms with van der Waals surface area (Å²) < 4.78 is 59.3. The molecule has 0 aliphatic heterocycles. The molecule has 2 rings (SSSR count). The van der Waals surface area contributed by atoms with E-state index in [9.17, 15) is 22.0 Å². The molecule has 0 aliphatic rings. The minimum atomic E-state index is -3.72. The van der Waals surface area contributed by atoms with E-state index in [1.165, 1.54) is 17.8 Å². The molecular weight excluding hydrogens is 362 g/mol. The van der Waals surface area contributed by atoms with E-state index in [0.29, 0.717) is 0 Å². The van der Waals surface area contributed by atoms with Crippen molar-refractivity contribution in [2.24, 2.45) is 7.05 Å². The van der Waals surface area contributed by atoms with Crippen LogP contribution in [0.2, 0.25) is 0 Å². The van der Waals surface area contributed by atoms with Gasteiger partial charge in [-0.3, -0.25) is 8.98 Å². The summed E-state index contributed by atoms with van der Waals surface area (Å²) in [6.45, 7) is 0.682. The number of rotatable bonds is 6. The molecule has 25 heavy (non-hydrogen) atoms. The zero-order valence-electron chi connectivity index (χ0n) is 13.4. The summed E-state index contributed by atoms with van der Waals surface area (Å²) >= 11 is 0. The summed E-state index contributed by atoms with van der Waals surface area (Å²) in [6.07, 6.45) is -2.13. The van der Waals surface area contributed by atoms with Gasteiger partial charge in [-0.05, 0) is 12.1 Å². The Kier molecular flexibility index (Phi) is 5.42. The van der Waals surface area contributed by atoms with Crippen LogP contribution < -0.4 is 4.74 Å². The molecule has 0 saturated carbocycles. The van der Waals surface area contributed by atoms with Crippen molar-refractivity contribution in [3.8, 4) is 17.1 Å². The number of carbonyl (C=O) groups is 1. The number of aromatic nitrogens is 4. The Morgan fingerprint density at radius 3 is 2.60 bits per heavy atom. The lowest BCUT2D eigenvalue weighted by molar-refractivity contribution is -0.132. The third kappa shape index (κ3) is 4.76. The van der Waals surface area contributed by atoms with E-state index in [4.69, 9.17) is 8.92 Å². The number of ether oxygens (including phenoxy) is 1. The van der Waals surface area contributed by atoms with Crippen LogP contribution in [0.1, 0.15) is 24.7 Å². The monoisotopic (exact) mass is 376 g/mol. The number of hydrogen-bond acceptors (Lipinski definition) is 8. The van der Waals surface area contributed by atoms with E-state index in [2.05, 4.69) is 15.3 Å². The number of aryl methyl sites for hydroxylation is 1. The van der Waals surface area contributed by atoms with Crippen molar-refractivity contribution >= 4 is 16.1 Å². The lowest BCUT2D eigenvalue weighted by atomic mass is 10.2. The third-order valence-electron chi connectivity index (χ3n) is 2.94. The first kappa shape index (κ1) is 18.9. The first-order valence-electron chi connectivity index (χ1n) is 6.79. The highest BCUT2D eigenvalue weighted by atomic mass is 32.2. The molecule has 0 unspecified atom stereocenters. The smallest absolute Gasteiger partial charge is 0.308 e. The van der Waals surface area contributed by atoms with Crippen molar-refractivity contribution in [1.82, 2.24) is 20.0 Å². The average Bonchev–Trinajstić information content (AvgIpc) is 2.85. The van der Waals surface area contributed by atoms with Gasteiger partial charge in [0.15, 0.2) is 5.75 Å². The van der Waals surface area contributed by atoms with E-state index in [1.54, 1.807) is 0 Å².